The summed E-state index contributed by atoms with van der Waals surface area (Å²) in [6.07, 6.45) is 2.30. The number of aromatic nitrogens is 1. The van der Waals surface area contributed by atoms with Gasteiger partial charge < -0.3 is 25.4 Å². The second-order valence-corrected chi connectivity index (χ2v) is 6.29. The average molecular weight is 351 g/mol. The van der Waals surface area contributed by atoms with Gasteiger partial charge in [0.1, 0.15) is 0 Å². The number of hydrogen-bond donors (Lipinski definition) is 3. The summed E-state index contributed by atoms with van der Waals surface area (Å²) in [6, 6.07) is 3.98. The minimum absolute atomic E-state index is 0.601. The monoisotopic (exact) mass is 351 g/mol. The van der Waals surface area contributed by atoms with Crippen LogP contribution in [0.25, 0.3) is 0 Å². The molecule has 2 heterocycles. The lowest BCUT2D eigenvalue weighted by molar-refractivity contribution is 0.258. The molecule has 1 aromatic rings. The molecule has 7 nitrogen and oxygen atoms in total. The van der Waals surface area contributed by atoms with Crippen molar-refractivity contribution in [3.63, 3.8) is 0 Å². The summed E-state index contributed by atoms with van der Waals surface area (Å²) in [5.74, 6) is 1.20. The van der Waals surface area contributed by atoms with Gasteiger partial charge in [-0.15, -0.1) is 0 Å². The van der Waals surface area contributed by atoms with Crippen LogP contribution in [0, 0.1) is 0 Å². The van der Waals surface area contributed by atoms with E-state index < -0.39 is 0 Å². The summed E-state index contributed by atoms with van der Waals surface area (Å²) >= 11 is 0. The summed E-state index contributed by atoms with van der Waals surface area (Å²) < 4.78 is 10.6. The lowest BCUT2D eigenvalue weighted by Crippen LogP contribution is -2.36. The number of ether oxygens (including phenoxy) is 2. The molecule has 142 valence electrons. The van der Waals surface area contributed by atoms with Crippen molar-refractivity contribution in [1.82, 2.24) is 25.8 Å². The van der Waals surface area contributed by atoms with Crippen LogP contribution in [0.5, 0.6) is 11.8 Å². The largest absolute Gasteiger partial charge is 0.481 e. The zero-order chi connectivity index (χ0) is 17.7. The number of hydrogen-bond acceptors (Lipinski definition) is 7. The summed E-state index contributed by atoms with van der Waals surface area (Å²) in [5, 5.41) is 10.5. The van der Waals surface area contributed by atoms with Crippen molar-refractivity contribution in [1.29, 1.82) is 0 Å². The highest BCUT2D eigenvalue weighted by atomic mass is 16.5. The molecule has 0 radical (unpaired) electrons. The topological polar surface area (TPSA) is 70.7 Å². The third kappa shape index (κ3) is 8.00. The molecule has 0 bridgehead atoms. The Morgan fingerprint density at radius 3 is 2.08 bits per heavy atom. The zero-order valence-electron chi connectivity index (χ0n) is 15.6. The lowest BCUT2D eigenvalue weighted by Gasteiger charge is -2.23. The van der Waals surface area contributed by atoms with Gasteiger partial charge in [-0.1, -0.05) is 0 Å². The third-order valence-corrected chi connectivity index (χ3v) is 4.28. The van der Waals surface area contributed by atoms with Gasteiger partial charge in [0.05, 0.1) is 14.2 Å². The smallest absolute Gasteiger partial charge is 0.216 e. The molecule has 0 aromatic carbocycles. The van der Waals surface area contributed by atoms with E-state index >= 15 is 0 Å². The lowest BCUT2D eigenvalue weighted by atomic mass is 10.2. The van der Waals surface area contributed by atoms with Crippen LogP contribution in [0.4, 0.5) is 0 Å². The molecular formula is C18H33N5O2. The van der Waals surface area contributed by atoms with Crippen LogP contribution in [0.15, 0.2) is 12.1 Å². The molecule has 3 N–H and O–H groups in total. The molecule has 0 amide bonds. The molecule has 1 aliphatic heterocycles. The van der Waals surface area contributed by atoms with Crippen LogP contribution in [0.2, 0.25) is 0 Å². The standard InChI is InChI=1S/C18H33N5O2/c1-24-17-13-16(14-18(22-17)25-2)15-23-11-4-7-20-9-8-19-5-3-6-21-10-12-23/h13-14,19-21H,3-12,15H2,1-2H3. The molecule has 1 aromatic heterocycles. The first-order chi connectivity index (χ1) is 12.3. The molecule has 7 heteroatoms. The average Bonchev–Trinajstić information content (AvgIpc) is 2.64. The highest BCUT2D eigenvalue weighted by Crippen LogP contribution is 2.18. The van der Waals surface area contributed by atoms with Gasteiger partial charge in [0.2, 0.25) is 11.8 Å². The fourth-order valence-corrected chi connectivity index (χ4v) is 2.92. The van der Waals surface area contributed by atoms with Crippen molar-refractivity contribution in [3.8, 4) is 11.8 Å². The van der Waals surface area contributed by atoms with E-state index in [-0.39, 0.29) is 0 Å². The molecule has 1 aliphatic rings. The first-order valence-corrected chi connectivity index (χ1v) is 9.25. The third-order valence-electron chi connectivity index (χ3n) is 4.28. The van der Waals surface area contributed by atoms with Crippen LogP contribution < -0.4 is 25.4 Å². The summed E-state index contributed by atoms with van der Waals surface area (Å²) in [5.41, 5.74) is 1.17. The van der Waals surface area contributed by atoms with E-state index in [4.69, 9.17) is 9.47 Å². The first-order valence-electron chi connectivity index (χ1n) is 9.25. The van der Waals surface area contributed by atoms with E-state index in [1.54, 1.807) is 14.2 Å². The van der Waals surface area contributed by atoms with Crippen molar-refractivity contribution in [2.45, 2.75) is 19.4 Å². The Bertz CT molecular complexity index is 450. The summed E-state index contributed by atoms with van der Waals surface area (Å²) in [4.78, 5) is 6.75. The minimum Gasteiger partial charge on any atom is -0.481 e. The van der Waals surface area contributed by atoms with E-state index in [0.717, 1.165) is 65.3 Å². The van der Waals surface area contributed by atoms with Crippen molar-refractivity contribution in [2.75, 3.05) is 66.6 Å². The Balaban J connectivity index is 1.93. The predicted molar refractivity (Wildman–Crippen MR) is 100 cm³/mol. The number of methoxy groups -OCH3 is 2. The van der Waals surface area contributed by atoms with Gasteiger partial charge >= 0.3 is 0 Å². The fraction of sp³-hybridized carbons (Fsp3) is 0.722. The van der Waals surface area contributed by atoms with Gasteiger partial charge in [-0.05, 0) is 44.6 Å². The van der Waals surface area contributed by atoms with Crippen LogP contribution in [0.1, 0.15) is 18.4 Å². The maximum absolute atomic E-state index is 5.29. The quantitative estimate of drug-likeness (QED) is 0.728. The molecule has 0 unspecified atom stereocenters. The van der Waals surface area contributed by atoms with Crippen molar-refractivity contribution in [3.05, 3.63) is 17.7 Å². The normalized spacial score (nSPS) is 19.1. The van der Waals surface area contributed by atoms with Gasteiger partial charge in [-0.25, -0.2) is 0 Å². The highest BCUT2D eigenvalue weighted by molar-refractivity contribution is 5.28. The second kappa shape index (κ2) is 12.0. The van der Waals surface area contributed by atoms with Gasteiger partial charge in [0, 0.05) is 44.9 Å². The van der Waals surface area contributed by atoms with Gasteiger partial charge in [-0.2, -0.15) is 4.98 Å². The van der Waals surface area contributed by atoms with E-state index in [1.807, 2.05) is 12.1 Å². The molecular weight excluding hydrogens is 318 g/mol. The Labute approximate surface area is 151 Å². The SMILES string of the molecule is COc1cc(CN2CCCNCCNCCCNCC2)cc(OC)n1. The number of rotatable bonds is 4. The second-order valence-electron chi connectivity index (χ2n) is 6.29. The summed E-state index contributed by atoms with van der Waals surface area (Å²) in [7, 11) is 3.27. The number of pyridine rings is 1. The maximum Gasteiger partial charge on any atom is 0.216 e. The van der Waals surface area contributed by atoms with E-state index in [0.29, 0.717) is 11.8 Å². The molecule has 1 fully saturated rings. The first kappa shape index (κ1) is 19.9. The van der Waals surface area contributed by atoms with Crippen LogP contribution in [-0.4, -0.2) is 76.5 Å². The molecule has 25 heavy (non-hydrogen) atoms. The molecule has 0 aliphatic carbocycles. The molecule has 0 atom stereocenters. The number of nitrogens with one attached hydrogen (secondary N) is 3. The summed E-state index contributed by atoms with van der Waals surface area (Å²) in [6.45, 7) is 9.24. The zero-order valence-corrected chi connectivity index (χ0v) is 15.6. The predicted octanol–water partition coefficient (Wildman–Crippen LogP) is 0.463. The maximum atomic E-state index is 5.29. The van der Waals surface area contributed by atoms with Gasteiger partial charge in [0.25, 0.3) is 0 Å². The van der Waals surface area contributed by atoms with E-state index in [9.17, 15) is 0 Å². The molecule has 2 rings (SSSR count). The van der Waals surface area contributed by atoms with Crippen LogP contribution in [-0.2, 0) is 6.54 Å². The molecule has 1 saturated heterocycles. The van der Waals surface area contributed by atoms with Crippen molar-refractivity contribution >= 4 is 0 Å². The minimum atomic E-state index is 0.601. The van der Waals surface area contributed by atoms with E-state index in [1.165, 1.54) is 12.0 Å². The van der Waals surface area contributed by atoms with E-state index in [2.05, 4.69) is 25.8 Å². The number of nitrogens with zero attached hydrogens (tertiary/aromatic N) is 2. The fourth-order valence-electron chi connectivity index (χ4n) is 2.92. The van der Waals surface area contributed by atoms with Gasteiger partial charge in [-0.3, -0.25) is 4.90 Å². The Kier molecular flexibility index (Phi) is 9.58. The molecule has 0 spiro atoms. The van der Waals surface area contributed by atoms with Crippen LogP contribution >= 0.6 is 0 Å². The van der Waals surface area contributed by atoms with Crippen molar-refractivity contribution < 1.29 is 9.47 Å². The Morgan fingerprint density at radius 2 is 1.44 bits per heavy atom. The molecule has 0 saturated carbocycles. The van der Waals surface area contributed by atoms with Crippen molar-refractivity contribution in [2.24, 2.45) is 0 Å². The Morgan fingerprint density at radius 1 is 0.840 bits per heavy atom. The van der Waals surface area contributed by atoms with Crippen LogP contribution in [0.3, 0.4) is 0 Å². The Hall–Kier alpha value is -1.41. The highest BCUT2D eigenvalue weighted by Gasteiger charge is 2.10. The van der Waals surface area contributed by atoms with Gasteiger partial charge in [0.15, 0.2) is 0 Å².